The van der Waals surface area contributed by atoms with Crippen molar-refractivity contribution >= 4 is 11.9 Å². The molecular formula is C20H22N4O3. The predicted molar refractivity (Wildman–Crippen MR) is 98.5 cm³/mol. The number of aromatic nitrogens is 2. The number of hydrogen-bond acceptors (Lipinski definition) is 6. The summed E-state index contributed by atoms with van der Waals surface area (Å²) in [6.07, 6.45) is 4.34. The Morgan fingerprint density at radius 3 is 2.78 bits per heavy atom. The highest BCUT2D eigenvalue weighted by Crippen LogP contribution is 2.24. The summed E-state index contributed by atoms with van der Waals surface area (Å²) >= 11 is 0. The number of nitrogens with zero attached hydrogens (tertiary/aromatic N) is 3. The van der Waals surface area contributed by atoms with E-state index in [2.05, 4.69) is 15.3 Å². The van der Waals surface area contributed by atoms with Gasteiger partial charge in [-0.15, -0.1) is 0 Å². The fourth-order valence-electron chi connectivity index (χ4n) is 3.82. The first-order valence-electron chi connectivity index (χ1n) is 9.21. The lowest BCUT2D eigenvalue weighted by Gasteiger charge is -2.34. The summed E-state index contributed by atoms with van der Waals surface area (Å²) in [5, 5.41) is 3.44. The maximum Gasteiger partial charge on any atom is 0.337 e. The van der Waals surface area contributed by atoms with Crippen molar-refractivity contribution in [1.82, 2.24) is 20.2 Å². The maximum atomic E-state index is 13.1. The molecule has 1 aromatic carbocycles. The molecule has 140 valence electrons. The van der Waals surface area contributed by atoms with Crippen molar-refractivity contribution in [2.24, 2.45) is 0 Å². The minimum Gasteiger partial charge on any atom is -0.465 e. The summed E-state index contributed by atoms with van der Waals surface area (Å²) in [5.41, 5.74) is 4.13. The minimum atomic E-state index is -0.354. The van der Waals surface area contributed by atoms with Gasteiger partial charge in [0.1, 0.15) is 12.0 Å². The summed E-state index contributed by atoms with van der Waals surface area (Å²) in [6.45, 7) is 1.92. The van der Waals surface area contributed by atoms with Crippen LogP contribution in [-0.4, -0.2) is 53.5 Å². The van der Waals surface area contributed by atoms with Crippen molar-refractivity contribution < 1.29 is 14.3 Å². The van der Waals surface area contributed by atoms with Gasteiger partial charge in [0.15, 0.2) is 0 Å². The first kappa shape index (κ1) is 17.6. The Kier molecular flexibility index (Phi) is 4.85. The fourth-order valence-corrected chi connectivity index (χ4v) is 3.82. The van der Waals surface area contributed by atoms with E-state index in [1.165, 1.54) is 13.4 Å². The quantitative estimate of drug-likeness (QED) is 0.830. The normalized spacial score (nSPS) is 18.9. The molecule has 2 heterocycles. The molecule has 1 amide bonds. The van der Waals surface area contributed by atoms with Crippen LogP contribution in [0.15, 0.2) is 30.6 Å². The monoisotopic (exact) mass is 366 g/mol. The van der Waals surface area contributed by atoms with Crippen LogP contribution in [0.1, 0.15) is 50.1 Å². The van der Waals surface area contributed by atoms with Crippen LogP contribution in [0.5, 0.6) is 0 Å². The third-order valence-electron chi connectivity index (χ3n) is 5.27. The van der Waals surface area contributed by atoms with E-state index in [9.17, 15) is 9.59 Å². The zero-order chi connectivity index (χ0) is 18.8. The van der Waals surface area contributed by atoms with E-state index in [1.807, 2.05) is 17.0 Å². The van der Waals surface area contributed by atoms with Gasteiger partial charge in [-0.2, -0.15) is 0 Å². The SMILES string of the molecule is COC(=O)c1ccc(C2CN(C(=O)c3ncnc4c3CCC4)CCN2)cc1. The van der Waals surface area contributed by atoms with Crippen LogP contribution in [-0.2, 0) is 17.6 Å². The number of fused-ring (bicyclic) bond motifs is 1. The molecule has 1 unspecified atom stereocenters. The highest BCUT2D eigenvalue weighted by Gasteiger charge is 2.29. The number of benzene rings is 1. The molecule has 0 bridgehead atoms. The highest BCUT2D eigenvalue weighted by atomic mass is 16.5. The summed E-state index contributed by atoms with van der Waals surface area (Å²) in [5.74, 6) is -0.374. The Hall–Kier alpha value is -2.80. The van der Waals surface area contributed by atoms with Gasteiger partial charge in [-0.05, 0) is 37.0 Å². The molecule has 1 N–H and O–H groups in total. The molecular weight excluding hydrogens is 344 g/mol. The third kappa shape index (κ3) is 3.42. The van der Waals surface area contributed by atoms with Gasteiger partial charge >= 0.3 is 5.97 Å². The summed E-state index contributed by atoms with van der Waals surface area (Å²) in [7, 11) is 1.37. The second-order valence-electron chi connectivity index (χ2n) is 6.87. The molecule has 2 aromatic rings. The van der Waals surface area contributed by atoms with E-state index in [0.717, 1.165) is 36.1 Å². The number of carbonyl (C=O) groups excluding carboxylic acids is 2. The maximum absolute atomic E-state index is 13.1. The molecule has 27 heavy (non-hydrogen) atoms. The van der Waals surface area contributed by atoms with Crippen molar-refractivity contribution in [2.75, 3.05) is 26.7 Å². The Bertz CT molecular complexity index is 866. The molecule has 1 saturated heterocycles. The summed E-state index contributed by atoms with van der Waals surface area (Å²) < 4.78 is 4.74. The number of nitrogens with one attached hydrogen (secondary N) is 1. The fraction of sp³-hybridized carbons (Fsp3) is 0.400. The van der Waals surface area contributed by atoms with Crippen LogP contribution in [0, 0.1) is 0 Å². The average Bonchev–Trinajstić information content (AvgIpc) is 3.22. The lowest BCUT2D eigenvalue weighted by molar-refractivity contribution is 0.0600. The van der Waals surface area contributed by atoms with Gasteiger partial charge in [0.25, 0.3) is 5.91 Å². The highest BCUT2D eigenvalue weighted by molar-refractivity contribution is 5.94. The largest absolute Gasteiger partial charge is 0.465 e. The number of ether oxygens (including phenoxy) is 1. The molecule has 1 aromatic heterocycles. The number of rotatable bonds is 3. The van der Waals surface area contributed by atoms with Crippen LogP contribution in [0.4, 0.5) is 0 Å². The number of esters is 1. The van der Waals surface area contributed by atoms with Crippen molar-refractivity contribution in [2.45, 2.75) is 25.3 Å². The molecule has 1 atom stereocenters. The molecule has 7 nitrogen and oxygen atoms in total. The third-order valence-corrected chi connectivity index (χ3v) is 5.27. The number of piperazine rings is 1. The van der Waals surface area contributed by atoms with Gasteiger partial charge in [0, 0.05) is 36.9 Å². The molecule has 0 radical (unpaired) electrons. The molecule has 1 aliphatic heterocycles. The van der Waals surface area contributed by atoms with Gasteiger partial charge in [-0.3, -0.25) is 4.79 Å². The number of hydrogen-bond donors (Lipinski definition) is 1. The van der Waals surface area contributed by atoms with Gasteiger partial charge in [0.05, 0.1) is 12.7 Å². The van der Waals surface area contributed by atoms with Crippen LogP contribution in [0.2, 0.25) is 0 Å². The lowest BCUT2D eigenvalue weighted by Crippen LogP contribution is -2.48. The number of carbonyl (C=O) groups is 2. The van der Waals surface area contributed by atoms with Crippen molar-refractivity contribution in [3.63, 3.8) is 0 Å². The Labute approximate surface area is 157 Å². The van der Waals surface area contributed by atoms with Gasteiger partial charge in [-0.25, -0.2) is 14.8 Å². The Morgan fingerprint density at radius 2 is 2.00 bits per heavy atom. The van der Waals surface area contributed by atoms with Crippen LogP contribution < -0.4 is 5.32 Å². The first-order chi connectivity index (χ1) is 13.2. The van der Waals surface area contributed by atoms with Crippen molar-refractivity contribution in [3.05, 3.63) is 58.7 Å². The standard InChI is InChI=1S/C20H22N4O3/c1-27-20(26)14-7-5-13(6-8-14)17-11-24(10-9-21-17)19(25)18-15-3-2-4-16(15)22-12-23-18/h5-8,12,17,21H,2-4,9-11H2,1H3. The van der Waals surface area contributed by atoms with E-state index in [-0.39, 0.29) is 17.9 Å². The molecule has 0 spiro atoms. The molecule has 0 saturated carbocycles. The Morgan fingerprint density at radius 1 is 1.19 bits per heavy atom. The second-order valence-corrected chi connectivity index (χ2v) is 6.87. The minimum absolute atomic E-state index is 0.0179. The topological polar surface area (TPSA) is 84.4 Å². The van der Waals surface area contributed by atoms with E-state index < -0.39 is 0 Å². The van der Waals surface area contributed by atoms with Crippen molar-refractivity contribution in [1.29, 1.82) is 0 Å². The van der Waals surface area contributed by atoms with Gasteiger partial charge in [-0.1, -0.05) is 12.1 Å². The molecule has 1 aliphatic carbocycles. The van der Waals surface area contributed by atoms with Gasteiger partial charge in [0.2, 0.25) is 0 Å². The van der Waals surface area contributed by atoms with E-state index in [0.29, 0.717) is 30.9 Å². The van der Waals surface area contributed by atoms with Crippen LogP contribution >= 0.6 is 0 Å². The number of aryl methyl sites for hydroxylation is 1. The summed E-state index contributed by atoms with van der Waals surface area (Å²) in [6, 6.07) is 7.33. The first-order valence-corrected chi connectivity index (χ1v) is 9.21. The van der Waals surface area contributed by atoms with E-state index in [4.69, 9.17) is 4.74 Å². The average molecular weight is 366 g/mol. The van der Waals surface area contributed by atoms with Crippen molar-refractivity contribution in [3.8, 4) is 0 Å². The lowest BCUT2D eigenvalue weighted by atomic mass is 10.0. The zero-order valence-electron chi connectivity index (χ0n) is 15.3. The van der Waals surface area contributed by atoms with E-state index in [1.54, 1.807) is 12.1 Å². The molecule has 4 rings (SSSR count). The molecule has 1 fully saturated rings. The Balaban J connectivity index is 1.51. The number of methoxy groups -OCH3 is 1. The smallest absolute Gasteiger partial charge is 0.337 e. The summed E-state index contributed by atoms with van der Waals surface area (Å²) in [4.78, 5) is 35.1. The molecule has 7 heteroatoms. The van der Waals surface area contributed by atoms with E-state index >= 15 is 0 Å². The molecule has 2 aliphatic rings. The van der Waals surface area contributed by atoms with Crippen LogP contribution in [0.25, 0.3) is 0 Å². The second kappa shape index (κ2) is 7.44. The van der Waals surface area contributed by atoms with Crippen LogP contribution in [0.3, 0.4) is 0 Å². The van der Waals surface area contributed by atoms with Gasteiger partial charge < -0.3 is 15.0 Å². The predicted octanol–water partition coefficient (Wildman–Crippen LogP) is 1.54. The zero-order valence-corrected chi connectivity index (χ0v) is 15.3. The number of amides is 1.